The molecule has 0 bridgehead atoms. The lowest BCUT2D eigenvalue weighted by atomic mass is 10.1. The maximum Gasteiger partial charge on any atom is 0.353 e. The number of oxime groups is 1. The van der Waals surface area contributed by atoms with Crippen LogP contribution in [0.2, 0.25) is 0 Å². The van der Waals surface area contributed by atoms with Gasteiger partial charge in [-0.15, -0.1) is 11.3 Å². The third kappa shape index (κ3) is 7.47. The summed E-state index contributed by atoms with van der Waals surface area (Å²) in [5.41, 5.74) is 3.56. The monoisotopic (exact) mass is 778 g/mol. The number of aromatic nitrogens is 2. The van der Waals surface area contributed by atoms with Crippen molar-refractivity contribution < 1.29 is 67.2 Å². The van der Waals surface area contributed by atoms with Crippen LogP contribution < -0.4 is 21.2 Å². The highest BCUT2D eigenvalue weighted by atomic mass is 32.2. The number of hydrogen-bond donors (Lipinski definition) is 8. The maximum atomic E-state index is 13.0. The van der Waals surface area contributed by atoms with Gasteiger partial charge in [-0.1, -0.05) is 5.16 Å². The molecule has 2 aliphatic heterocycles. The SMILES string of the molecule is CC(C)(ON=C(C(=O)NC1CN(C(=O)NS(=O)(=O)N2CCN(NC(=O)c3nc4cc(O)c(O)cc4cc3C(=O)O)C2=O)C1=O)c1csc(N)n1)C(=O)O. The first-order chi connectivity index (χ1) is 24.7. The first kappa shape index (κ1) is 37.4. The number of phenols is 2. The third-order valence-corrected chi connectivity index (χ3v) is 9.44. The van der Waals surface area contributed by atoms with Gasteiger partial charge >= 0.3 is 34.2 Å². The number of carboxylic acid groups (broad SMARTS) is 2. The number of nitrogen functional groups attached to an aromatic ring is 1. The second kappa shape index (κ2) is 13.7. The number of carbonyl (C=O) groups is 7. The molecule has 5 rings (SSSR count). The molecule has 2 fully saturated rings. The van der Waals surface area contributed by atoms with Crippen molar-refractivity contribution in [3.05, 3.63) is 40.5 Å². The summed E-state index contributed by atoms with van der Waals surface area (Å²) in [6, 6.07) is -1.35. The van der Waals surface area contributed by atoms with E-state index in [1.54, 1.807) is 0 Å². The molecule has 7 amide bonds. The molecule has 0 spiro atoms. The Morgan fingerprint density at radius 1 is 1.06 bits per heavy atom. The number of aromatic carboxylic acids is 1. The number of phenolic OH excluding ortho intramolecular Hbond substituents is 2. The Labute approximate surface area is 299 Å². The van der Waals surface area contributed by atoms with Gasteiger partial charge in [-0.3, -0.25) is 24.7 Å². The molecule has 9 N–H and O–H groups in total. The number of pyridine rings is 1. The van der Waals surface area contributed by atoms with E-state index in [0.29, 0.717) is 9.91 Å². The van der Waals surface area contributed by atoms with Crippen LogP contribution in [-0.2, 0) is 29.4 Å². The fraction of sp³-hybridized carbons (Fsp3) is 0.259. The molecule has 2 aliphatic rings. The first-order valence-electron chi connectivity index (χ1n) is 14.6. The standard InChI is InChI=1S/C27H26N10O14S2/c1-27(2,23(45)46)51-33-18(14-9-52-24(28)31-14)19(40)30-13-8-35(21(13)42)25(47)34-53(49,50)37-4-3-36(26(37)48)32-20(41)17-11(22(43)44)5-10-6-15(38)16(39)7-12(10)29-17/h5-7,9,13,38-39H,3-4,8H2,1-2H3,(H2,28,31)(H,30,40)(H,32,41)(H,34,47)(H,43,44)(H,45,46). The number of thiazole rings is 1. The van der Waals surface area contributed by atoms with Crippen molar-refractivity contribution in [3.8, 4) is 11.5 Å². The van der Waals surface area contributed by atoms with Crippen molar-refractivity contribution >= 4 is 85.0 Å². The molecule has 24 nitrogen and oxygen atoms in total. The summed E-state index contributed by atoms with van der Waals surface area (Å²) in [6.45, 7) is 0.633. The number of benzene rings is 1. The average Bonchev–Trinajstić information content (AvgIpc) is 3.67. The fourth-order valence-electron chi connectivity index (χ4n) is 4.52. The van der Waals surface area contributed by atoms with Crippen LogP contribution in [0.4, 0.5) is 14.7 Å². The molecule has 1 unspecified atom stereocenters. The number of nitrogens with one attached hydrogen (secondary N) is 3. The minimum Gasteiger partial charge on any atom is -0.504 e. The Kier molecular flexibility index (Phi) is 9.68. The molecule has 1 atom stereocenters. The number of hydrazine groups is 1. The predicted octanol–water partition coefficient (Wildman–Crippen LogP) is -1.67. The zero-order valence-corrected chi connectivity index (χ0v) is 28.6. The zero-order chi connectivity index (χ0) is 39.2. The summed E-state index contributed by atoms with van der Waals surface area (Å²) in [4.78, 5) is 101. The number of carbonyl (C=O) groups excluding carboxylic acids is 5. The predicted molar refractivity (Wildman–Crippen MR) is 175 cm³/mol. The van der Waals surface area contributed by atoms with Crippen LogP contribution in [0.1, 0.15) is 40.4 Å². The number of anilines is 1. The zero-order valence-electron chi connectivity index (χ0n) is 27.0. The molecule has 4 heterocycles. The number of aliphatic carboxylic acids is 1. The van der Waals surface area contributed by atoms with Crippen molar-refractivity contribution in [2.45, 2.75) is 25.5 Å². The van der Waals surface area contributed by atoms with E-state index in [4.69, 9.17) is 10.6 Å². The largest absolute Gasteiger partial charge is 0.504 e. The van der Waals surface area contributed by atoms with Crippen molar-refractivity contribution in [3.63, 3.8) is 0 Å². The number of rotatable bonds is 11. The molecule has 0 aliphatic carbocycles. The van der Waals surface area contributed by atoms with Crippen LogP contribution in [0.5, 0.6) is 11.5 Å². The number of hydrogen-bond acceptors (Lipinski definition) is 17. The highest BCUT2D eigenvalue weighted by Crippen LogP contribution is 2.30. The van der Waals surface area contributed by atoms with Crippen molar-refractivity contribution in [1.82, 2.24) is 39.6 Å². The van der Waals surface area contributed by atoms with Gasteiger partial charge in [0.15, 0.2) is 22.3 Å². The van der Waals surface area contributed by atoms with Crippen LogP contribution in [0.25, 0.3) is 10.9 Å². The van der Waals surface area contributed by atoms with Crippen molar-refractivity contribution in [1.29, 1.82) is 0 Å². The second-order valence-electron chi connectivity index (χ2n) is 11.5. The van der Waals surface area contributed by atoms with E-state index in [9.17, 15) is 62.4 Å². The number of β-lactam (4-membered cyclic amide) rings is 1. The molecular formula is C27H26N10O14S2. The number of carboxylic acids is 2. The summed E-state index contributed by atoms with van der Waals surface area (Å²) >= 11 is 0.912. The van der Waals surface area contributed by atoms with Gasteiger partial charge in [-0.2, -0.15) is 8.42 Å². The van der Waals surface area contributed by atoms with Crippen LogP contribution in [-0.4, -0.2) is 132 Å². The Bertz CT molecular complexity index is 2260. The molecule has 0 saturated carbocycles. The highest BCUT2D eigenvalue weighted by molar-refractivity contribution is 7.88. The van der Waals surface area contributed by atoms with Gasteiger partial charge in [0.05, 0.1) is 30.7 Å². The van der Waals surface area contributed by atoms with Gasteiger partial charge in [-0.25, -0.2) is 43.2 Å². The number of nitrogens with zero attached hydrogens (tertiary/aromatic N) is 6. The maximum absolute atomic E-state index is 13.0. The minimum absolute atomic E-state index is 0.0162. The molecule has 0 radical (unpaired) electrons. The van der Waals surface area contributed by atoms with Crippen LogP contribution >= 0.6 is 11.3 Å². The lowest BCUT2D eigenvalue weighted by molar-refractivity contribution is -0.161. The molecule has 1 aromatic carbocycles. The minimum atomic E-state index is -5.02. The summed E-state index contributed by atoms with van der Waals surface area (Å²) in [6.07, 6.45) is 0. The van der Waals surface area contributed by atoms with Crippen LogP contribution in [0.3, 0.4) is 0 Å². The highest BCUT2D eigenvalue weighted by Gasteiger charge is 2.46. The van der Waals surface area contributed by atoms with E-state index in [1.165, 1.54) is 10.1 Å². The molecule has 3 aromatic rings. The first-order valence-corrected chi connectivity index (χ1v) is 16.9. The Balaban J connectivity index is 1.21. The van der Waals surface area contributed by atoms with Crippen molar-refractivity contribution in [2.24, 2.45) is 5.16 Å². The topological polar surface area (TPSA) is 354 Å². The number of urea groups is 2. The van der Waals surface area contributed by atoms with Gasteiger partial charge < -0.3 is 36.3 Å². The lowest BCUT2D eigenvalue weighted by Crippen LogP contribution is -2.68. The van der Waals surface area contributed by atoms with E-state index < -0.39 is 112 Å². The second-order valence-corrected chi connectivity index (χ2v) is 14.0. The smallest absolute Gasteiger partial charge is 0.353 e. The number of imide groups is 1. The Morgan fingerprint density at radius 2 is 1.74 bits per heavy atom. The van der Waals surface area contributed by atoms with Gasteiger partial charge in [0, 0.05) is 16.8 Å². The average molecular weight is 779 g/mol. The van der Waals surface area contributed by atoms with E-state index >= 15 is 0 Å². The summed E-state index contributed by atoms with van der Waals surface area (Å²) in [5.74, 6) is -7.68. The summed E-state index contributed by atoms with van der Waals surface area (Å²) in [5, 5.41) is 46.0. The molecule has 26 heteroatoms. The number of amides is 7. The molecular weight excluding hydrogens is 752 g/mol. The lowest BCUT2D eigenvalue weighted by Gasteiger charge is -2.36. The normalized spacial score (nSPS) is 16.3. The van der Waals surface area contributed by atoms with Crippen LogP contribution in [0.15, 0.2) is 28.7 Å². The Hall–Kier alpha value is -6.83. The molecule has 2 aromatic heterocycles. The van der Waals surface area contributed by atoms with Crippen LogP contribution in [0, 0.1) is 0 Å². The number of aromatic hydroxyl groups is 2. The molecule has 2 saturated heterocycles. The van der Waals surface area contributed by atoms with Gasteiger partial charge in [0.25, 0.3) is 17.7 Å². The van der Waals surface area contributed by atoms with Crippen molar-refractivity contribution in [2.75, 3.05) is 25.4 Å². The molecule has 53 heavy (non-hydrogen) atoms. The van der Waals surface area contributed by atoms with Gasteiger partial charge in [0.1, 0.15) is 17.4 Å². The Morgan fingerprint density at radius 3 is 2.34 bits per heavy atom. The third-order valence-electron chi connectivity index (χ3n) is 7.41. The summed E-state index contributed by atoms with van der Waals surface area (Å²) < 4.78 is 27.6. The number of likely N-dealkylation sites (tertiary alicyclic amines) is 1. The quantitative estimate of drug-likeness (QED) is 0.0467. The van der Waals surface area contributed by atoms with E-state index in [0.717, 1.165) is 43.4 Å². The molecule has 280 valence electrons. The van der Waals surface area contributed by atoms with E-state index in [2.05, 4.69) is 20.4 Å². The van der Waals surface area contributed by atoms with E-state index in [1.807, 2.05) is 5.43 Å². The van der Waals surface area contributed by atoms with Gasteiger partial charge in [-0.05, 0) is 26.0 Å². The fourth-order valence-corrected chi connectivity index (χ4v) is 6.13. The number of nitrogens with two attached hydrogens (primary N) is 1. The van der Waals surface area contributed by atoms with Gasteiger partial charge in [0.2, 0.25) is 5.60 Å². The van der Waals surface area contributed by atoms with E-state index in [-0.39, 0.29) is 26.0 Å². The summed E-state index contributed by atoms with van der Waals surface area (Å²) in [7, 11) is -5.02. The number of fused-ring (bicyclic) bond motifs is 1.